The first-order valence-electron chi connectivity index (χ1n) is 8.37. The largest absolute Gasteiger partial charge is 0.325 e. The van der Waals surface area contributed by atoms with Crippen LogP contribution in [0.3, 0.4) is 0 Å². The molecule has 1 aromatic carbocycles. The van der Waals surface area contributed by atoms with Gasteiger partial charge in [-0.25, -0.2) is 8.42 Å². The van der Waals surface area contributed by atoms with E-state index < -0.39 is 16.2 Å². The maximum atomic E-state index is 13.3. The molecule has 1 aliphatic carbocycles. The van der Waals surface area contributed by atoms with Crippen LogP contribution in [-0.2, 0) is 14.8 Å². The van der Waals surface area contributed by atoms with Crippen molar-refractivity contribution in [2.75, 3.05) is 7.05 Å². The molecule has 0 aromatic heterocycles. The van der Waals surface area contributed by atoms with Crippen LogP contribution in [0.25, 0.3) is 0 Å². The van der Waals surface area contributed by atoms with Crippen molar-refractivity contribution < 1.29 is 13.2 Å². The fourth-order valence-electron chi connectivity index (χ4n) is 3.88. The van der Waals surface area contributed by atoms with Crippen molar-refractivity contribution in [3.05, 3.63) is 42.5 Å². The van der Waals surface area contributed by atoms with Gasteiger partial charge in [0.05, 0.1) is 10.8 Å². The van der Waals surface area contributed by atoms with Gasteiger partial charge < -0.3 is 4.90 Å². The van der Waals surface area contributed by atoms with Gasteiger partial charge in [0.15, 0.2) is 0 Å². The van der Waals surface area contributed by atoms with Gasteiger partial charge in [-0.05, 0) is 31.9 Å². The van der Waals surface area contributed by atoms with Gasteiger partial charge in [0.25, 0.3) is 0 Å². The van der Waals surface area contributed by atoms with Gasteiger partial charge >= 0.3 is 0 Å². The number of benzene rings is 1. The highest BCUT2D eigenvalue weighted by Crippen LogP contribution is 2.39. The Morgan fingerprint density at radius 3 is 2.42 bits per heavy atom. The van der Waals surface area contributed by atoms with Gasteiger partial charge in [0, 0.05) is 13.1 Å². The number of hydrogen-bond donors (Lipinski definition) is 0. The van der Waals surface area contributed by atoms with Crippen LogP contribution in [0.4, 0.5) is 0 Å². The Bertz CT molecular complexity index is 742. The number of hydrogen-bond acceptors (Lipinski definition) is 3. The van der Waals surface area contributed by atoms with E-state index in [0.717, 1.165) is 31.2 Å². The second-order valence-corrected chi connectivity index (χ2v) is 8.55. The van der Waals surface area contributed by atoms with Crippen LogP contribution in [0.15, 0.2) is 41.8 Å². The Kier molecular flexibility index (Phi) is 4.53. The van der Waals surface area contributed by atoms with Crippen molar-refractivity contribution in [2.24, 2.45) is 5.92 Å². The normalized spacial score (nSPS) is 28.5. The van der Waals surface area contributed by atoms with Crippen molar-refractivity contribution in [3.8, 4) is 0 Å². The Morgan fingerprint density at radius 2 is 1.79 bits per heavy atom. The lowest BCUT2D eigenvalue weighted by Crippen LogP contribution is -2.64. The maximum Gasteiger partial charge on any atom is 0.245 e. The van der Waals surface area contributed by atoms with Crippen LogP contribution in [0.5, 0.6) is 0 Å². The molecular weight excluding hydrogens is 324 g/mol. The summed E-state index contributed by atoms with van der Waals surface area (Å²) in [6, 6.07) is 6.59. The third-order valence-corrected chi connectivity index (χ3v) is 7.10. The summed E-state index contributed by atoms with van der Waals surface area (Å²) < 4.78 is 28.1. The van der Waals surface area contributed by atoms with Crippen LogP contribution >= 0.6 is 0 Å². The molecule has 2 fully saturated rings. The standard InChI is InChI=1S/C18H24N2O3S/c1-4-17-19(3)18(21)15-7-5-6-8-16(15)20(17)24(22,23)14-11-9-13(2)10-12-14/h4,9-12,15-17H,1,5-8H2,2-3H3/t15-,16+,17-/m1/s1. The predicted octanol–water partition coefficient (Wildman–Crippen LogP) is 2.53. The number of sulfonamides is 1. The van der Waals surface area contributed by atoms with Gasteiger partial charge in [-0.1, -0.05) is 43.2 Å². The topological polar surface area (TPSA) is 57.7 Å². The number of carbonyl (C=O) groups excluding carboxylic acids is 1. The highest BCUT2D eigenvalue weighted by atomic mass is 32.2. The number of likely N-dealkylation sites (N-methyl/N-ethyl adjacent to an activating group) is 1. The van der Waals surface area contributed by atoms with E-state index in [1.54, 1.807) is 37.4 Å². The zero-order chi connectivity index (χ0) is 17.5. The van der Waals surface area contributed by atoms with Crippen LogP contribution in [0.1, 0.15) is 31.2 Å². The number of rotatable bonds is 3. The van der Waals surface area contributed by atoms with Crippen molar-refractivity contribution in [3.63, 3.8) is 0 Å². The van der Waals surface area contributed by atoms with Crippen LogP contribution < -0.4 is 0 Å². The molecule has 0 bridgehead atoms. The number of fused-ring (bicyclic) bond motifs is 1. The first-order chi connectivity index (χ1) is 11.4. The minimum Gasteiger partial charge on any atom is -0.325 e. The van der Waals surface area contributed by atoms with E-state index in [1.807, 2.05) is 6.92 Å². The first kappa shape index (κ1) is 17.2. The molecule has 0 spiro atoms. The average molecular weight is 348 g/mol. The molecule has 0 radical (unpaired) electrons. The molecule has 0 unspecified atom stereocenters. The SMILES string of the molecule is C=C[C@@H]1N(C)C(=O)[C@@H]2CCCC[C@@H]2N1S(=O)(=O)c1ccc(C)cc1. The number of carbonyl (C=O) groups is 1. The van der Waals surface area contributed by atoms with Crippen LogP contribution in [-0.4, -0.2) is 42.8 Å². The summed E-state index contributed by atoms with van der Waals surface area (Å²) in [6.45, 7) is 5.70. The van der Waals surface area contributed by atoms with E-state index in [9.17, 15) is 13.2 Å². The lowest BCUT2D eigenvalue weighted by molar-refractivity contribution is -0.148. The summed E-state index contributed by atoms with van der Waals surface area (Å²) in [6.07, 6.45) is 4.30. The molecule has 2 aliphatic rings. The molecule has 3 atom stereocenters. The van der Waals surface area contributed by atoms with Gasteiger partial charge in [-0.15, -0.1) is 0 Å². The monoisotopic (exact) mass is 348 g/mol. The second-order valence-electron chi connectivity index (χ2n) is 6.70. The molecule has 1 aromatic rings. The Labute approximate surface area is 144 Å². The van der Waals surface area contributed by atoms with E-state index >= 15 is 0 Å². The van der Waals surface area contributed by atoms with Crippen LogP contribution in [0.2, 0.25) is 0 Å². The summed E-state index contributed by atoms with van der Waals surface area (Å²) in [7, 11) is -2.03. The smallest absolute Gasteiger partial charge is 0.245 e. The average Bonchev–Trinajstić information content (AvgIpc) is 2.58. The maximum absolute atomic E-state index is 13.3. The second kappa shape index (κ2) is 6.33. The van der Waals surface area contributed by atoms with Gasteiger partial charge in [0.2, 0.25) is 15.9 Å². The van der Waals surface area contributed by atoms with E-state index in [0.29, 0.717) is 0 Å². The van der Waals surface area contributed by atoms with Crippen molar-refractivity contribution in [1.29, 1.82) is 0 Å². The summed E-state index contributed by atoms with van der Waals surface area (Å²) in [4.78, 5) is 14.4. The van der Waals surface area contributed by atoms with Gasteiger partial charge in [-0.2, -0.15) is 4.31 Å². The number of amides is 1. The molecule has 130 valence electrons. The fraction of sp³-hybridized carbons (Fsp3) is 0.500. The Hall–Kier alpha value is -1.66. The van der Waals surface area contributed by atoms with E-state index in [2.05, 4.69) is 6.58 Å². The van der Waals surface area contributed by atoms with E-state index in [-0.39, 0.29) is 22.8 Å². The summed E-state index contributed by atoms with van der Waals surface area (Å²) in [5.74, 6) is -0.222. The third kappa shape index (κ3) is 2.67. The molecule has 1 amide bonds. The third-order valence-electron chi connectivity index (χ3n) is 5.19. The van der Waals surface area contributed by atoms with E-state index in [1.165, 1.54) is 9.21 Å². The first-order valence-corrected chi connectivity index (χ1v) is 9.81. The molecule has 1 saturated heterocycles. The van der Waals surface area contributed by atoms with Crippen molar-refractivity contribution in [1.82, 2.24) is 9.21 Å². The molecular formula is C18H24N2O3S. The molecule has 5 nitrogen and oxygen atoms in total. The highest BCUT2D eigenvalue weighted by molar-refractivity contribution is 7.89. The number of nitrogens with zero attached hydrogens (tertiary/aromatic N) is 2. The molecule has 1 aliphatic heterocycles. The van der Waals surface area contributed by atoms with Gasteiger partial charge in [0.1, 0.15) is 6.17 Å². The quantitative estimate of drug-likeness (QED) is 0.789. The molecule has 0 N–H and O–H groups in total. The zero-order valence-electron chi connectivity index (χ0n) is 14.2. The minimum absolute atomic E-state index is 0.0277. The molecule has 1 saturated carbocycles. The Balaban J connectivity index is 2.08. The molecule has 6 heteroatoms. The molecule has 3 rings (SSSR count). The van der Waals surface area contributed by atoms with Crippen LogP contribution in [0, 0.1) is 12.8 Å². The Morgan fingerprint density at radius 1 is 1.17 bits per heavy atom. The molecule has 1 heterocycles. The van der Waals surface area contributed by atoms with E-state index in [4.69, 9.17) is 0 Å². The summed E-state index contributed by atoms with van der Waals surface area (Å²) in [5.41, 5.74) is 1.01. The number of aryl methyl sites for hydroxylation is 1. The molecule has 24 heavy (non-hydrogen) atoms. The van der Waals surface area contributed by atoms with Crippen molar-refractivity contribution in [2.45, 2.75) is 49.7 Å². The summed E-state index contributed by atoms with van der Waals surface area (Å²) >= 11 is 0. The zero-order valence-corrected chi connectivity index (χ0v) is 15.0. The lowest BCUT2D eigenvalue weighted by atomic mass is 9.81. The van der Waals surface area contributed by atoms with Crippen molar-refractivity contribution >= 4 is 15.9 Å². The fourth-order valence-corrected chi connectivity index (χ4v) is 5.72. The minimum atomic E-state index is -3.70. The van der Waals surface area contributed by atoms with Gasteiger partial charge in [-0.3, -0.25) is 4.79 Å². The highest BCUT2D eigenvalue weighted by Gasteiger charge is 2.50. The lowest BCUT2D eigenvalue weighted by Gasteiger charge is -2.49. The predicted molar refractivity (Wildman–Crippen MR) is 92.7 cm³/mol. The summed E-state index contributed by atoms with van der Waals surface area (Å²) in [5, 5.41) is 0.